The van der Waals surface area contributed by atoms with Crippen LogP contribution in [0.3, 0.4) is 0 Å². The number of halogens is 1. The van der Waals surface area contributed by atoms with Crippen molar-refractivity contribution in [3.63, 3.8) is 0 Å². The molecular formula is C48H64ClN3O10. The Balaban J connectivity index is 1.31. The summed E-state index contributed by atoms with van der Waals surface area (Å²) in [5, 5.41) is 12.4. The van der Waals surface area contributed by atoms with Crippen LogP contribution in [-0.4, -0.2) is 123 Å². The fourth-order valence-corrected chi connectivity index (χ4v) is 9.32. The minimum atomic E-state index is -1.58. The number of methoxy groups -OCH3 is 1. The van der Waals surface area contributed by atoms with Crippen molar-refractivity contribution in [2.24, 2.45) is 11.8 Å². The number of fused-ring (bicyclic) bond motifs is 5. The maximum absolute atomic E-state index is 14.4. The van der Waals surface area contributed by atoms with Crippen LogP contribution < -0.4 is 9.80 Å². The summed E-state index contributed by atoms with van der Waals surface area (Å²) in [5.74, 6) is -2.13. The van der Waals surface area contributed by atoms with Crippen molar-refractivity contribution < 1.29 is 48.0 Å². The number of nitrogens with zero attached hydrogens (tertiary/aromatic N) is 3. The minimum Gasteiger partial charge on any atom is -0.462 e. The Labute approximate surface area is 371 Å². The predicted octanol–water partition coefficient (Wildman–Crippen LogP) is 6.41. The van der Waals surface area contributed by atoms with Gasteiger partial charge in [-0.15, -0.1) is 0 Å². The molecule has 0 aromatic heterocycles. The summed E-state index contributed by atoms with van der Waals surface area (Å²) in [4.78, 5) is 60.9. The lowest BCUT2D eigenvalue weighted by molar-refractivity contribution is -0.187. The zero-order chi connectivity index (χ0) is 45.3. The Hall–Kier alpha value is -4.27. The van der Waals surface area contributed by atoms with Crippen molar-refractivity contribution in [2.45, 2.75) is 122 Å². The van der Waals surface area contributed by atoms with E-state index in [4.69, 9.17) is 35.3 Å². The maximum Gasteiger partial charge on any atom is 0.328 e. The highest BCUT2D eigenvalue weighted by Gasteiger charge is 2.64. The number of carbonyl (C=O) groups excluding carboxylic acids is 4. The molecule has 8 atom stereocenters. The number of anilines is 2. The summed E-state index contributed by atoms with van der Waals surface area (Å²) in [5.41, 5.74) is 2.98. The Bertz CT molecular complexity index is 2080. The van der Waals surface area contributed by atoms with Gasteiger partial charge in [0.25, 0.3) is 5.91 Å². The van der Waals surface area contributed by atoms with Crippen LogP contribution >= 0.6 is 11.6 Å². The van der Waals surface area contributed by atoms with E-state index in [2.05, 4.69) is 18.7 Å². The van der Waals surface area contributed by atoms with Crippen molar-refractivity contribution in [3.05, 3.63) is 81.4 Å². The molecule has 0 radical (unpaired) electrons. The molecule has 4 heterocycles. The zero-order valence-corrected chi connectivity index (χ0v) is 38.6. The summed E-state index contributed by atoms with van der Waals surface area (Å²) in [6.07, 6.45) is 2.99. The molecule has 13 nitrogen and oxygen atoms in total. The lowest BCUT2D eigenvalue weighted by atomic mass is 9.78. The molecule has 14 heteroatoms. The average Bonchev–Trinajstić information content (AvgIpc) is 3.93. The molecule has 2 amide bonds. The molecule has 0 spiro atoms. The molecule has 0 unspecified atom stereocenters. The van der Waals surface area contributed by atoms with E-state index in [1.165, 1.54) is 16.9 Å². The van der Waals surface area contributed by atoms with Gasteiger partial charge in [0.15, 0.2) is 0 Å². The van der Waals surface area contributed by atoms with Crippen LogP contribution in [0.1, 0.15) is 87.9 Å². The van der Waals surface area contributed by atoms with Crippen LogP contribution in [0.5, 0.6) is 0 Å². The monoisotopic (exact) mass is 877 g/mol. The Kier molecular flexibility index (Phi) is 14.6. The highest BCUT2D eigenvalue weighted by molar-refractivity contribution is 6.34. The highest BCUT2D eigenvalue weighted by atomic mass is 35.5. The fraction of sp³-hybridized carbons (Fsp3) is 0.583. The number of hydrogen-bond donors (Lipinski definition) is 1. The van der Waals surface area contributed by atoms with Gasteiger partial charge in [0.1, 0.15) is 35.6 Å². The van der Waals surface area contributed by atoms with Crippen LogP contribution in [0.4, 0.5) is 11.4 Å². The van der Waals surface area contributed by atoms with Gasteiger partial charge in [0, 0.05) is 57.9 Å². The van der Waals surface area contributed by atoms with Crippen molar-refractivity contribution in [1.29, 1.82) is 0 Å². The third-order valence-corrected chi connectivity index (χ3v) is 13.5. The van der Waals surface area contributed by atoms with Crippen molar-refractivity contribution >= 4 is 46.7 Å². The number of morpholine rings is 1. The number of ether oxygens (including phenoxy) is 5. The molecule has 4 bridgehead atoms. The number of amides is 2. The van der Waals surface area contributed by atoms with Gasteiger partial charge >= 0.3 is 11.9 Å². The van der Waals surface area contributed by atoms with Crippen molar-refractivity contribution in [2.75, 3.05) is 57.3 Å². The quantitative estimate of drug-likeness (QED) is 0.232. The van der Waals surface area contributed by atoms with Crippen LogP contribution in [0.2, 0.25) is 5.02 Å². The van der Waals surface area contributed by atoms with Gasteiger partial charge in [0.2, 0.25) is 5.91 Å². The summed E-state index contributed by atoms with van der Waals surface area (Å²) in [6.45, 7) is 16.0. The molecule has 6 rings (SSSR count). The standard InChI is InChI=1S/C48H64ClN3O10/c1-28(2)20-34-14-15-35(24-36(34)52-16-18-59-19-17-52)45(55)50(8)32(6)46(56)61-40-25-41(53)51(9)37-23-33(22-30(4)43(37)49)21-29(3)12-11-13-39(58-10)48(57)26-38(60-42(54)27-48)31(5)44-47(40,7)62-44/h11-15,22-24,28,31-32,38-40,44,57H,16-21,25-27H2,1-10H3/b13-11+,29-12+/t31-,32+,38+,39-,40+,44+,47+,48-/m1/s1. The van der Waals surface area contributed by atoms with Gasteiger partial charge in [-0.1, -0.05) is 68.3 Å². The normalized spacial score (nSPS) is 30.1. The van der Waals surface area contributed by atoms with E-state index in [1.807, 2.05) is 57.2 Å². The lowest BCUT2D eigenvalue weighted by Gasteiger charge is -2.41. The number of aliphatic hydroxyl groups is 1. The second-order valence-corrected chi connectivity index (χ2v) is 18.7. The molecule has 1 N–H and O–H groups in total. The van der Waals surface area contributed by atoms with Gasteiger partial charge in [-0.2, -0.15) is 0 Å². The number of epoxide rings is 1. The van der Waals surface area contributed by atoms with E-state index in [1.54, 1.807) is 40.1 Å². The number of benzene rings is 2. The van der Waals surface area contributed by atoms with E-state index in [-0.39, 0.29) is 31.1 Å². The fourth-order valence-electron chi connectivity index (χ4n) is 9.08. The van der Waals surface area contributed by atoms with E-state index >= 15 is 0 Å². The largest absolute Gasteiger partial charge is 0.462 e. The second kappa shape index (κ2) is 19.2. The number of allylic oxidation sites excluding steroid dienone is 3. The summed E-state index contributed by atoms with van der Waals surface area (Å²) >= 11 is 6.85. The molecule has 0 aliphatic carbocycles. The number of hydrogen-bond acceptors (Lipinski definition) is 11. The van der Waals surface area contributed by atoms with Crippen LogP contribution in [-0.2, 0) is 50.9 Å². The first kappa shape index (κ1) is 47.2. The zero-order valence-electron chi connectivity index (χ0n) is 37.9. The molecule has 4 aliphatic rings. The molecule has 2 aromatic carbocycles. The first-order valence-electron chi connectivity index (χ1n) is 21.7. The van der Waals surface area contributed by atoms with Crippen molar-refractivity contribution in [3.8, 4) is 0 Å². The third kappa shape index (κ3) is 10.2. The molecule has 4 aliphatic heterocycles. The smallest absolute Gasteiger partial charge is 0.328 e. The van der Waals surface area contributed by atoms with Gasteiger partial charge in [0.05, 0.1) is 42.9 Å². The molecule has 62 heavy (non-hydrogen) atoms. The number of carbonyl (C=O) groups is 4. The predicted molar refractivity (Wildman–Crippen MR) is 238 cm³/mol. The molecular weight excluding hydrogens is 814 g/mol. The van der Waals surface area contributed by atoms with Crippen LogP contribution in [0.25, 0.3) is 0 Å². The first-order chi connectivity index (χ1) is 29.3. The van der Waals surface area contributed by atoms with E-state index in [0.29, 0.717) is 54.9 Å². The molecule has 3 saturated heterocycles. The first-order valence-corrected chi connectivity index (χ1v) is 22.1. The van der Waals surface area contributed by atoms with E-state index in [9.17, 15) is 24.3 Å². The van der Waals surface area contributed by atoms with E-state index < -0.39 is 59.5 Å². The number of aryl methyl sites for hydroxylation is 1. The molecule has 0 saturated carbocycles. The van der Waals surface area contributed by atoms with Crippen LogP contribution in [0, 0.1) is 18.8 Å². The van der Waals surface area contributed by atoms with Gasteiger partial charge in [-0.05, 0) is 81.3 Å². The van der Waals surface area contributed by atoms with Gasteiger partial charge < -0.3 is 43.5 Å². The molecule has 338 valence electrons. The average molecular weight is 879 g/mol. The minimum absolute atomic E-state index is 0.0623. The van der Waals surface area contributed by atoms with Crippen LogP contribution in [0.15, 0.2) is 54.1 Å². The van der Waals surface area contributed by atoms with Crippen molar-refractivity contribution in [1.82, 2.24) is 4.90 Å². The van der Waals surface area contributed by atoms with Gasteiger partial charge in [-0.25, -0.2) is 4.79 Å². The summed E-state index contributed by atoms with van der Waals surface area (Å²) in [7, 11) is 4.68. The second-order valence-electron chi connectivity index (χ2n) is 18.3. The number of likely N-dealkylation sites (N-methyl/N-ethyl adjacent to an activating group) is 1. The lowest BCUT2D eigenvalue weighted by Crippen LogP contribution is -2.53. The molecule has 3 fully saturated rings. The topological polar surface area (TPSA) is 148 Å². The number of esters is 2. The Morgan fingerprint density at radius 2 is 1.79 bits per heavy atom. The highest BCUT2D eigenvalue weighted by Crippen LogP contribution is 2.50. The Morgan fingerprint density at radius 1 is 1.08 bits per heavy atom. The number of rotatable bonds is 8. The molecule has 2 aromatic rings. The summed E-state index contributed by atoms with van der Waals surface area (Å²) in [6, 6.07) is 8.49. The Morgan fingerprint density at radius 3 is 2.47 bits per heavy atom. The summed E-state index contributed by atoms with van der Waals surface area (Å²) < 4.78 is 29.8. The van der Waals surface area contributed by atoms with E-state index in [0.717, 1.165) is 34.4 Å². The maximum atomic E-state index is 14.4. The van der Waals surface area contributed by atoms with Gasteiger partial charge in [-0.3, -0.25) is 14.4 Å². The third-order valence-electron chi connectivity index (χ3n) is 13.0. The SMILES string of the molecule is CO[C@@H]1/C=C/C=C(\C)Cc2cc(C)c(Cl)c(c2)N(C)C(=O)C[C@H](OC(=O)[C@H](C)N(C)C(=O)c2ccc(CC(C)C)c(N3CCOCC3)c2)[C@]2(C)O[C@H]2[C@H](C)[C@@H]2C[C@@]1(O)CC(=O)O2.